The summed E-state index contributed by atoms with van der Waals surface area (Å²) in [5.74, 6) is -3.29. The fourth-order valence-corrected chi connectivity index (χ4v) is 4.88. The first kappa shape index (κ1) is 51.1. The third kappa shape index (κ3) is 21.5. The average Bonchev–Trinajstić information content (AvgIpc) is 2.98. The van der Waals surface area contributed by atoms with Gasteiger partial charge in [-0.25, -0.2) is 13.2 Å². The third-order valence-corrected chi connectivity index (χ3v) is 7.64. The smallest absolute Gasteiger partial charge is 0.748 e. The average molecular weight is 769 g/mol. The van der Waals surface area contributed by atoms with E-state index in [0.717, 1.165) is 50.9 Å². The van der Waals surface area contributed by atoms with Crippen molar-refractivity contribution in [2.75, 3.05) is 32.2 Å². The van der Waals surface area contributed by atoms with E-state index in [1.165, 1.54) is 30.5 Å². The monoisotopic (exact) mass is 768 g/mol. The van der Waals surface area contributed by atoms with Gasteiger partial charge in [0.2, 0.25) is 0 Å². The number of ether oxygens (including phenoxy) is 3. The van der Waals surface area contributed by atoms with Crippen molar-refractivity contribution in [3.8, 4) is 0 Å². The van der Waals surface area contributed by atoms with E-state index in [1.54, 1.807) is 0 Å². The van der Waals surface area contributed by atoms with Gasteiger partial charge < -0.3 is 18.8 Å². The molecule has 15 heteroatoms. The zero-order chi connectivity index (χ0) is 37.9. The maximum absolute atomic E-state index is 13.1. The second-order valence-electron chi connectivity index (χ2n) is 12.5. The van der Waals surface area contributed by atoms with E-state index in [2.05, 4.69) is 56.7 Å². The molecule has 0 aliphatic heterocycles. The molecule has 0 fully saturated rings. The van der Waals surface area contributed by atoms with E-state index >= 15 is 0 Å². The van der Waals surface area contributed by atoms with Gasteiger partial charge in [0.15, 0.2) is 0 Å². The molecule has 0 saturated heterocycles. The maximum Gasteiger partial charge on any atom is 1.00 e. The SMILES string of the molecule is CC(C)CCc1ccc(C(=O)OC(CS(=O)(=O)[O-])(C(F)(F)F)C(F)(F)F)cc1.CC(C)c1ccccc1.CCOCCOCCCC(C)C.[K+]. The third-order valence-electron chi connectivity index (χ3n) is 6.88. The molecule has 0 radical (unpaired) electrons. The van der Waals surface area contributed by atoms with Gasteiger partial charge in [-0.2, -0.15) is 26.3 Å². The zero-order valence-electron chi connectivity index (χ0n) is 30.3. The van der Waals surface area contributed by atoms with E-state index in [-0.39, 0.29) is 51.4 Å². The van der Waals surface area contributed by atoms with Gasteiger partial charge in [0.1, 0.15) is 0 Å². The molecular formula is C35H51F6KO7S. The van der Waals surface area contributed by atoms with Gasteiger partial charge in [-0.05, 0) is 73.6 Å². The molecule has 0 bridgehead atoms. The number of carbonyl (C=O) groups is 1. The van der Waals surface area contributed by atoms with Gasteiger partial charge >= 0.3 is 75.3 Å². The van der Waals surface area contributed by atoms with Crippen LogP contribution in [0.5, 0.6) is 0 Å². The van der Waals surface area contributed by atoms with Crippen molar-refractivity contribution in [1.29, 1.82) is 0 Å². The molecule has 282 valence electrons. The van der Waals surface area contributed by atoms with Gasteiger partial charge in [0, 0.05) is 13.2 Å². The Hall–Kier alpha value is -1.04. The molecule has 0 amide bonds. The van der Waals surface area contributed by atoms with Crippen LogP contribution >= 0.6 is 0 Å². The Balaban J connectivity index is 0. The normalized spacial score (nSPS) is 12.1. The minimum atomic E-state index is -6.39. The second-order valence-corrected chi connectivity index (χ2v) is 13.9. The molecule has 50 heavy (non-hydrogen) atoms. The Morgan fingerprint density at radius 3 is 1.66 bits per heavy atom. The van der Waals surface area contributed by atoms with E-state index in [9.17, 15) is 44.1 Å². The summed E-state index contributed by atoms with van der Waals surface area (Å²) in [5.41, 5.74) is -4.04. The standard InChI is InChI=1S/C16H18F6O5S.C10H22O2.C9H12.K/c1-10(2)3-4-11-5-7-12(8-6-11)13(23)27-14(15(17,18)19,16(20,21)22)9-28(24,25)26;1-4-11-8-9-12-7-5-6-10(2)3;1-8(2)9-6-4-3-5-7-9;/h5-8,10H,3-4,9H2,1-2H3,(H,24,25,26);10H,4-9H2,1-3H3;3-8H,1-2H3;/q;;;+1/p-1. The molecule has 0 aliphatic rings. The molecule has 0 N–H and O–H groups in total. The molecule has 7 nitrogen and oxygen atoms in total. The Morgan fingerprint density at radius 1 is 0.760 bits per heavy atom. The Kier molecular flexibility index (Phi) is 25.6. The van der Waals surface area contributed by atoms with Crippen LogP contribution in [0.4, 0.5) is 26.3 Å². The summed E-state index contributed by atoms with van der Waals surface area (Å²) < 4.78 is 125. The number of carbonyl (C=O) groups excluding carboxylic acids is 1. The summed E-state index contributed by atoms with van der Waals surface area (Å²) in [4.78, 5) is 11.9. The molecule has 0 aliphatic carbocycles. The number of esters is 1. The van der Waals surface area contributed by atoms with Crippen LogP contribution < -0.4 is 51.4 Å². The van der Waals surface area contributed by atoms with Crippen LogP contribution in [0.1, 0.15) is 95.1 Å². The number of aryl methyl sites for hydroxylation is 1. The summed E-state index contributed by atoms with van der Waals surface area (Å²) in [6.45, 7) is 17.9. The number of benzene rings is 2. The summed E-state index contributed by atoms with van der Waals surface area (Å²) in [6, 6.07) is 15.1. The molecule has 0 aromatic heterocycles. The first-order valence-electron chi connectivity index (χ1n) is 16.2. The molecule has 0 atom stereocenters. The Labute approximate surface area is 336 Å². The molecule has 0 spiro atoms. The van der Waals surface area contributed by atoms with Crippen LogP contribution in [-0.4, -0.2) is 69.1 Å². The Morgan fingerprint density at radius 2 is 1.26 bits per heavy atom. The fourth-order valence-electron chi connectivity index (χ4n) is 3.99. The van der Waals surface area contributed by atoms with E-state index in [1.807, 2.05) is 26.8 Å². The van der Waals surface area contributed by atoms with E-state index in [0.29, 0.717) is 23.8 Å². The van der Waals surface area contributed by atoms with Crippen LogP contribution in [0.2, 0.25) is 0 Å². The first-order valence-corrected chi connectivity index (χ1v) is 17.7. The predicted octanol–water partition coefficient (Wildman–Crippen LogP) is 6.13. The molecule has 2 aromatic carbocycles. The van der Waals surface area contributed by atoms with Crippen molar-refractivity contribution in [2.45, 2.75) is 98.0 Å². The fraction of sp³-hybridized carbons (Fsp3) is 0.629. The largest absolute Gasteiger partial charge is 1.00 e. The van der Waals surface area contributed by atoms with Gasteiger partial charge in [-0.3, -0.25) is 0 Å². The van der Waals surface area contributed by atoms with Gasteiger partial charge in [-0.1, -0.05) is 84.0 Å². The predicted molar refractivity (Wildman–Crippen MR) is 176 cm³/mol. The van der Waals surface area contributed by atoms with Crippen molar-refractivity contribution in [3.05, 3.63) is 71.3 Å². The maximum atomic E-state index is 13.1. The molecule has 0 heterocycles. The van der Waals surface area contributed by atoms with Crippen molar-refractivity contribution in [1.82, 2.24) is 0 Å². The number of hydrogen-bond donors (Lipinski definition) is 0. The number of rotatable bonds is 16. The summed E-state index contributed by atoms with van der Waals surface area (Å²) in [7, 11) is -6.07. The molecule has 0 unspecified atom stereocenters. The number of halogens is 6. The second kappa shape index (κ2) is 25.1. The van der Waals surface area contributed by atoms with Crippen LogP contribution in [-0.2, 0) is 30.7 Å². The summed E-state index contributed by atoms with van der Waals surface area (Å²) in [5, 5.41) is 0. The minimum absolute atomic E-state index is 0. The zero-order valence-corrected chi connectivity index (χ0v) is 34.3. The molecule has 2 aromatic rings. The first-order chi connectivity index (χ1) is 22.6. The van der Waals surface area contributed by atoms with E-state index < -0.39 is 45.4 Å². The van der Waals surface area contributed by atoms with Gasteiger partial charge in [0.25, 0.3) is 0 Å². The quantitative estimate of drug-likeness (QED) is 0.0666. The molecule has 0 saturated carbocycles. The van der Waals surface area contributed by atoms with Crippen molar-refractivity contribution in [3.63, 3.8) is 0 Å². The number of hydrogen-bond acceptors (Lipinski definition) is 7. The van der Waals surface area contributed by atoms with Crippen LogP contribution in [0.25, 0.3) is 0 Å². The summed E-state index contributed by atoms with van der Waals surface area (Å²) in [6.07, 6.45) is -9.03. The van der Waals surface area contributed by atoms with Crippen LogP contribution in [0.3, 0.4) is 0 Å². The summed E-state index contributed by atoms with van der Waals surface area (Å²) >= 11 is 0. The Bertz CT molecular complexity index is 1270. The van der Waals surface area contributed by atoms with Crippen molar-refractivity contribution >= 4 is 16.1 Å². The van der Waals surface area contributed by atoms with Gasteiger partial charge in [-0.15, -0.1) is 0 Å². The molecule has 2 rings (SSSR count). The van der Waals surface area contributed by atoms with Crippen molar-refractivity contribution < 1.29 is 110 Å². The molecular weight excluding hydrogens is 718 g/mol. The van der Waals surface area contributed by atoms with Gasteiger partial charge in [0.05, 0.1) is 34.6 Å². The van der Waals surface area contributed by atoms with Crippen LogP contribution in [0.15, 0.2) is 54.6 Å². The van der Waals surface area contributed by atoms with E-state index in [4.69, 9.17) is 9.47 Å². The minimum Gasteiger partial charge on any atom is -0.748 e. The van der Waals surface area contributed by atoms with Crippen molar-refractivity contribution in [2.24, 2.45) is 11.8 Å². The topological polar surface area (TPSA) is 102 Å². The van der Waals surface area contributed by atoms with Crippen LogP contribution in [0, 0.1) is 11.8 Å². The number of alkyl halides is 6.